The van der Waals surface area contributed by atoms with E-state index in [4.69, 9.17) is 5.73 Å². The fourth-order valence-corrected chi connectivity index (χ4v) is 4.84. The molecule has 20 heavy (non-hydrogen) atoms. The Hall–Kier alpha value is -1.07. The first-order valence-corrected chi connectivity index (χ1v) is 8.49. The molecule has 3 N–H and O–H groups in total. The quantitative estimate of drug-likeness (QED) is 0.842. The van der Waals surface area contributed by atoms with E-state index in [0.717, 1.165) is 24.8 Å². The minimum atomic E-state index is -3.51. The molecule has 0 spiro atoms. The van der Waals surface area contributed by atoms with Gasteiger partial charge >= 0.3 is 0 Å². The highest BCUT2D eigenvalue weighted by molar-refractivity contribution is 7.89. The number of aryl methyl sites for hydroxylation is 1. The Balaban J connectivity index is 2.31. The van der Waals surface area contributed by atoms with Crippen molar-refractivity contribution in [2.45, 2.75) is 57.9 Å². The number of anilines is 1. The summed E-state index contributed by atoms with van der Waals surface area (Å²) in [6.07, 6.45) is 2.83. The zero-order chi connectivity index (χ0) is 15.1. The molecule has 4 nitrogen and oxygen atoms in total. The van der Waals surface area contributed by atoms with E-state index in [9.17, 15) is 8.42 Å². The SMILES string of the molecule is Cc1ccc(N)c(C)c1S(=O)(=O)NC1CCC(C)(C)C1. The van der Waals surface area contributed by atoms with Crippen molar-refractivity contribution in [3.05, 3.63) is 23.3 Å². The highest BCUT2D eigenvalue weighted by Crippen LogP contribution is 2.37. The molecule has 2 rings (SSSR count). The van der Waals surface area contributed by atoms with Crippen molar-refractivity contribution < 1.29 is 8.42 Å². The van der Waals surface area contributed by atoms with Crippen LogP contribution in [0.4, 0.5) is 5.69 Å². The summed E-state index contributed by atoms with van der Waals surface area (Å²) in [5.74, 6) is 0. The molecule has 0 saturated heterocycles. The summed E-state index contributed by atoms with van der Waals surface area (Å²) in [5, 5.41) is 0. The molecular weight excluding hydrogens is 272 g/mol. The second-order valence-electron chi connectivity index (χ2n) is 6.65. The summed E-state index contributed by atoms with van der Waals surface area (Å²) < 4.78 is 28.1. The number of hydrogen-bond acceptors (Lipinski definition) is 3. The van der Waals surface area contributed by atoms with Crippen molar-refractivity contribution in [3.63, 3.8) is 0 Å². The van der Waals surface area contributed by atoms with Crippen molar-refractivity contribution in [3.8, 4) is 0 Å². The van der Waals surface area contributed by atoms with Gasteiger partial charge in [-0.2, -0.15) is 0 Å². The van der Waals surface area contributed by atoms with Crippen molar-refractivity contribution in [1.29, 1.82) is 0 Å². The molecule has 0 aromatic heterocycles. The topological polar surface area (TPSA) is 72.2 Å². The predicted octanol–water partition coefficient (Wildman–Crippen LogP) is 2.74. The minimum absolute atomic E-state index is 0.0234. The largest absolute Gasteiger partial charge is 0.398 e. The van der Waals surface area contributed by atoms with E-state index in [2.05, 4.69) is 18.6 Å². The van der Waals surface area contributed by atoms with Gasteiger partial charge in [-0.15, -0.1) is 0 Å². The van der Waals surface area contributed by atoms with Crippen molar-refractivity contribution in [2.75, 3.05) is 5.73 Å². The number of nitrogen functional groups attached to an aromatic ring is 1. The summed E-state index contributed by atoms with van der Waals surface area (Å²) in [4.78, 5) is 0.335. The standard InChI is InChI=1S/C15H24N2O2S/c1-10-5-6-13(16)11(2)14(10)20(18,19)17-12-7-8-15(3,4)9-12/h5-6,12,17H,7-9,16H2,1-4H3. The first kappa shape index (κ1) is 15.3. The van der Waals surface area contributed by atoms with E-state index >= 15 is 0 Å². The molecule has 0 bridgehead atoms. The van der Waals surface area contributed by atoms with Crippen LogP contribution in [0.2, 0.25) is 0 Å². The molecule has 0 amide bonds. The first-order chi connectivity index (χ1) is 9.12. The lowest BCUT2D eigenvalue weighted by atomic mass is 9.92. The molecule has 1 atom stereocenters. The molecule has 1 unspecified atom stereocenters. The number of nitrogens with two attached hydrogens (primary N) is 1. The van der Waals surface area contributed by atoms with E-state index in [1.165, 1.54) is 0 Å². The van der Waals surface area contributed by atoms with Crippen LogP contribution < -0.4 is 10.5 Å². The second kappa shape index (κ2) is 5.04. The maximum absolute atomic E-state index is 12.6. The van der Waals surface area contributed by atoms with Crippen molar-refractivity contribution in [2.24, 2.45) is 5.41 Å². The third-order valence-corrected chi connectivity index (χ3v) is 6.01. The average molecular weight is 296 g/mol. The van der Waals surface area contributed by atoms with E-state index in [0.29, 0.717) is 16.1 Å². The normalized spacial score (nSPS) is 22.1. The number of sulfonamides is 1. The summed E-state index contributed by atoms with van der Waals surface area (Å²) in [7, 11) is -3.51. The Morgan fingerprint density at radius 2 is 1.95 bits per heavy atom. The van der Waals surface area contributed by atoms with Gasteiger partial charge < -0.3 is 5.73 Å². The van der Waals surface area contributed by atoms with Gasteiger partial charge in [-0.1, -0.05) is 19.9 Å². The van der Waals surface area contributed by atoms with Crippen molar-refractivity contribution >= 4 is 15.7 Å². The van der Waals surface area contributed by atoms with Crippen molar-refractivity contribution in [1.82, 2.24) is 4.72 Å². The number of benzene rings is 1. The molecule has 0 heterocycles. The Morgan fingerprint density at radius 3 is 2.50 bits per heavy atom. The fraction of sp³-hybridized carbons (Fsp3) is 0.600. The van der Waals surface area contributed by atoms with E-state index in [-0.39, 0.29) is 11.5 Å². The lowest BCUT2D eigenvalue weighted by molar-refractivity contribution is 0.372. The van der Waals surface area contributed by atoms with Gasteiger partial charge in [0, 0.05) is 11.7 Å². The smallest absolute Gasteiger partial charge is 0.241 e. The molecule has 1 aliphatic carbocycles. The molecule has 1 saturated carbocycles. The van der Waals surface area contributed by atoms with E-state index in [1.807, 2.05) is 0 Å². The Kier molecular flexibility index (Phi) is 3.86. The van der Waals surface area contributed by atoms with Crippen LogP contribution in [0.5, 0.6) is 0 Å². The van der Waals surface area contributed by atoms with Crippen LogP contribution in [-0.4, -0.2) is 14.5 Å². The van der Waals surface area contributed by atoms with Crippen LogP contribution in [0.15, 0.2) is 17.0 Å². The number of hydrogen-bond donors (Lipinski definition) is 2. The van der Waals surface area contributed by atoms with Crippen LogP contribution in [0.1, 0.15) is 44.2 Å². The maximum atomic E-state index is 12.6. The van der Waals surface area contributed by atoms with Crippen LogP contribution in [-0.2, 0) is 10.0 Å². The minimum Gasteiger partial charge on any atom is -0.398 e. The predicted molar refractivity (Wildman–Crippen MR) is 82.1 cm³/mol. The molecule has 1 fully saturated rings. The molecule has 1 aromatic rings. The molecular formula is C15H24N2O2S. The molecule has 1 aliphatic rings. The summed E-state index contributed by atoms with van der Waals surface area (Å²) in [6.45, 7) is 7.92. The van der Waals surface area contributed by atoms with Gasteiger partial charge in [0.05, 0.1) is 4.90 Å². The molecule has 0 radical (unpaired) electrons. The lowest BCUT2D eigenvalue weighted by Gasteiger charge is -2.19. The summed E-state index contributed by atoms with van der Waals surface area (Å²) in [6, 6.07) is 3.54. The van der Waals surface area contributed by atoms with Crippen LogP contribution in [0, 0.1) is 19.3 Å². The Morgan fingerprint density at radius 1 is 1.30 bits per heavy atom. The zero-order valence-electron chi connectivity index (χ0n) is 12.7. The van der Waals surface area contributed by atoms with E-state index < -0.39 is 10.0 Å². The maximum Gasteiger partial charge on any atom is 0.241 e. The Labute approximate surface area is 121 Å². The second-order valence-corrected chi connectivity index (χ2v) is 8.30. The molecule has 5 heteroatoms. The van der Waals surface area contributed by atoms with Crippen LogP contribution in [0.25, 0.3) is 0 Å². The molecule has 0 aliphatic heterocycles. The van der Waals surface area contributed by atoms with Gasteiger partial charge in [-0.05, 0) is 55.7 Å². The highest BCUT2D eigenvalue weighted by Gasteiger charge is 2.34. The number of rotatable bonds is 3. The average Bonchev–Trinajstić information content (AvgIpc) is 2.62. The summed E-state index contributed by atoms with van der Waals surface area (Å²) in [5.41, 5.74) is 7.95. The monoisotopic (exact) mass is 296 g/mol. The van der Waals surface area contributed by atoms with Gasteiger partial charge in [0.2, 0.25) is 10.0 Å². The van der Waals surface area contributed by atoms with Gasteiger partial charge in [0.1, 0.15) is 0 Å². The van der Waals surface area contributed by atoms with Crippen LogP contribution in [0.3, 0.4) is 0 Å². The molecule has 112 valence electrons. The van der Waals surface area contributed by atoms with Gasteiger partial charge in [0.25, 0.3) is 0 Å². The Bertz CT molecular complexity index is 621. The third kappa shape index (κ3) is 2.99. The summed E-state index contributed by atoms with van der Waals surface area (Å²) >= 11 is 0. The number of nitrogens with one attached hydrogen (secondary N) is 1. The molecule has 1 aromatic carbocycles. The zero-order valence-corrected chi connectivity index (χ0v) is 13.5. The van der Waals surface area contributed by atoms with Gasteiger partial charge in [-0.3, -0.25) is 0 Å². The van der Waals surface area contributed by atoms with E-state index in [1.54, 1.807) is 26.0 Å². The van der Waals surface area contributed by atoms with Gasteiger partial charge in [0.15, 0.2) is 0 Å². The lowest BCUT2D eigenvalue weighted by Crippen LogP contribution is -2.34. The highest BCUT2D eigenvalue weighted by atomic mass is 32.2. The van der Waals surface area contributed by atoms with Gasteiger partial charge in [-0.25, -0.2) is 13.1 Å². The van der Waals surface area contributed by atoms with Crippen LogP contribution >= 0.6 is 0 Å². The fourth-order valence-electron chi connectivity index (χ4n) is 3.07. The third-order valence-electron chi connectivity index (χ3n) is 4.20. The first-order valence-electron chi connectivity index (χ1n) is 7.00.